The molecule has 0 aliphatic rings. The van der Waals surface area contributed by atoms with Gasteiger partial charge in [-0.05, 0) is 44.0 Å². The summed E-state index contributed by atoms with van der Waals surface area (Å²) in [5.41, 5.74) is 12.1. The van der Waals surface area contributed by atoms with Gasteiger partial charge in [0.05, 0.1) is 11.1 Å². The van der Waals surface area contributed by atoms with Crippen LogP contribution in [0.4, 0.5) is 11.8 Å². The molecule has 0 saturated carbocycles. The van der Waals surface area contributed by atoms with Crippen molar-refractivity contribution in [2.75, 3.05) is 18.1 Å². The zero-order valence-corrected chi connectivity index (χ0v) is 13.2. The fraction of sp³-hybridized carbons (Fsp3) is 0.235. The standard InChI is InChI=1S/C17H19N5/c1-9-7-10(2)14(11(3)8-9)13-6-5-12-15(19-4)21-17(18)22-16(12)20-13/h5-8H,1-4H3,(H3,18,19,20,21,22). The molecule has 0 radical (unpaired) electrons. The molecule has 112 valence electrons. The quantitative estimate of drug-likeness (QED) is 0.758. The first-order chi connectivity index (χ1) is 10.5. The van der Waals surface area contributed by atoms with Crippen LogP contribution in [0.1, 0.15) is 16.7 Å². The predicted octanol–water partition coefficient (Wildman–Crippen LogP) is 3.24. The number of hydrogen-bond donors (Lipinski definition) is 2. The van der Waals surface area contributed by atoms with Crippen LogP contribution in [0.5, 0.6) is 0 Å². The van der Waals surface area contributed by atoms with Gasteiger partial charge in [-0.15, -0.1) is 0 Å². The van der Waals surface area contributed by atoms with E-state index in [2.05, 4.69) is 48.2 Å². The molecule has 0 unspecified atom stereocenters. The van der Waals surface area contributed by atoms with Gasteiger partial charge in [0.1, 0.15) is 5.82 Å². The van der Waals surface area contributed by atoms with Crippen molar-refractivity contribution in [3.8, 4) is 11.3 Å². The second-order valence-electron chi connectivity index (χ2n) is 5.52. The number of nitrogens with two attached hydrogens (primary N) is 1. The van der Waals surface area contributed by atoms with Gasteiger partial charge in [0, 0.05) is 12.6 Å². The van der Waals surface area contributed by atoms with Gasteiger partial charge in [0.25, 0.3) is 0 Å². The van der Waals surface area contributed by atoms with E-state index in [1.165, 1.54) is 16.7 Å². The Bertz CT molecular complexity index is 847. The zero-order valence-electron chi connectivity index (χ0n) is 13.2. The van der Waals surface area contributed by atoms with Gasteiger partial charge in [0.2, 0.25) is 5.95 Å². The van der Waals surface area contributed by atoms with Crippen molar-refractivity contribution in [1.29, 1.82) is 0 Å². The van der Waals surface area contributed by atoms with E-state index in [1.807, 2.05) is 19.2 Å². The maximum atomic E-state index is 5.77. The highest BCUT2D eigenvalue weighted by Crippen LogP contribution is 2.29. The SMILES string of the molecule is CNc1nc(N)nc2nc(-c3c(C)cc(C)cc3C)ccc12. The molecule has 3 N–H and O–H groups in total. The molecule has 3 rings (SSSR count). The molecule has 5 heteroatoms. The third-order valence-electron chi connectivity index (χ3n) is 3.75. The largest absolute Gasteiger partial charge is 0.372 e. The zero-order chi connectivity index (χ0) is 15.9. The Morgan fingerprint density at radius 1 is 0.955 bits per heavy atom. The van der Waals surface area contributed by atoms with E-state index in [9.17, 15) is 0 Å². The lowest BCUT2D eigenvalue weighted by Gasteiger charge is -2.12. The summed E-state index contributed by atoms with van der Waals surface area (Å²) in [5, 5.41) is 3.89. The van der Waals surface area contributed by atoms with Gasteiger partial charge in [-0.2, -0.15) is 9.97 Å². The first-order valence-corrected chi connectivity index (χ1v) is 7.20. The monoisotopic (exact) mass is 293 g/mol. The summed E-state index contributed by atoms with van der Waals surface area (Å²) in [6.07, 6.45) is 0. The first kappa shape index (κ1) is 14.3. The van der Waals surface area contributed by atoms with Crippen molar-refractivity contribution in [3.05, 3.63) is 41.0 Å². The number of pyridine rings is 1. The van der Waals surface area contributed by atoms with Gasteiger partial charge in [-0.3, -0.25) is 0 Å². The van der Waals surface area contributed by atoms with Crippen molar-refractivity contribution in [2.45, 2.75) is 20.8 Å². The molecule has 0 amide bonds. The van der Waals surface area contributed by atoms with Gasteiger partial charge >= 0.3 is 0 Å². The molecule has 0 fully saturated rings. The average molecular weight is 293 g/mol. The molecule has 22 heavy (non-hydrogen) atoms. The molecule has 1 aromatic carbocycles. The Balaban J connectivity index is 2.26. The fourth-order valence-electron chi connectivity index (χ4n) is 2.94. The number of hydrogen-bond acceptors (Lipinski definition) is 5. The molecule has 0 aliphatic carbocycles. The Kier molecular flexibility index (Phi) is 3.41. The number of benzene rings is 1. The average Bonchev–Trinajstić information content (AvgIpc) is 2.44. The summed E-state index contributed by atoms with van der Waals surface area (Å²) < 4.78 is 0. The van der Waals surface area contributed by atoms with Crippen LogP contribution in [0.2, 0.25) is 0 Å². The summed E-state index contributed by atoms with van der Waals surface area (Å²) in [4.78, 5) is 13.1. The summed E-state index contributed by atoms with van der Waals surface area (Å²) in [6.45, 7) is 6.31. The third kappa shape index (κ3) is 2.35. The summed E-state index contributed by atoms with van der Waals surface area (Å²) >= 11 is 0. The van der Waals surface area contributed by atoms with E-state index in [0.29, 0.717) is 11.5 Å². The second kappa shape index (κ2) is 5.26. The lowest BCUT2D eigenvalue weighted by molar-refractivity contribution is 1.18. The highest BCUT2D eigenvalue weighted by atomic mass is 15.1. The minimum atomic E-state index is 0.221. The lowest BCUT2D eigenvalue weighted by atomic mass is 9.97. The van der Waals surface area contributed by atoms with Crippen LogP contribution in [-0.4, -0.2) is 22.0 Å². The maximum Gasteiger partial charge on any atom is 0.224 e. The minimum absolute atomic E-state index is 0.221. The van der Waals surface area contributed by atoms with Crippen molar-refractivity contribution in [1.82, 2.24) is 15.0 Å². The topological polar surface area (TPSA) is 76.7 Å². The van der Waals surface area contributed by atoms with E-state index in [-0.39, 0.29) is 5.95 Å². The van der Waals surface area contributed by atoms with Gasteiger partial charge < -0.3 is 11.1 Å². The van der Waals surface area contributed by atoms with Crippen molar-refractivity contribution in [3.63, 3.8) is 0 Å². The minimum Gasteiger partial charge on any atom is -0.372 e. The number of nitrogens with zero attached hydrogens (tertiary/aromatic N) is 3. The lowest BCUT2D eigenvalue weighted by Crippen LogP contribution is -2.03. The van der Waals surface area contributed by atoms with Crippen LogP contribution in [0.15, 0.2) is 24.3 Å². The molecule has 2 heterocycles. The highest BCUT2D eigenvalue weighted by molar-refractivity contribution is 5.89. The molecule has 0 saturated heterocycles. The van der Waals surface area contributed by atoms with Gasteiger partial charge in [-0.25, -0.2) is 4.98 Å². The third-order valence-corrected chi connectivity index (χ3v) is 3.75. The number of anilines is 2. The summed E-state index contributed by atoms with van der Waals surface area (Å²) in [5.74, 6) is 0.915. The van der Waals surface area contributed by atoms with Crippen LogP contribution >= 0.6 is 0 Å². The van der Waals surface area contributed by atoms with E-state index in [1.54, 1.807) is 0 Å². The maximum absolute atomic E-state index is 5.77. The smallest absolute Gasteiger partial charge is 0.224 e. The molecule has 0 spiro atoms. The van der Waals surface area contributed by atoms with Crippen LogP contribution in [0.25, 0.3) is 22.3 Å². The van der Waals surface area contributed by atoms with Crippen molar-refractivity contribution >= 4 is 22.8 Å². The number of nitrogen functional groups attached to an aromatic ring is 1. The number of fused-ring (bicyclic) bond motifs is 1. The predicted molar refractivity (Wildman–Crippen MR) is 90.9 cm³/mol. The summed E-state index contributed by atoms with van der Waals surface area (Å²) in [6, 6.07) is 8.33. The van der Waals surface area contributed by atoms with E-state index >= 15 is 0 Å². The molecule has 3 aromatic rings. The Labute approximate surface area is 129 Å². The number of rotatable bonds is 2. The van der Waals surface area contributed by atoms with E-state index < -0.39 is 0 Å². The van der Waals surface area contributed by atoms with E-state index in [0.717, 1.165) is 16.6 Å². The van der Waals surface area contributed by atoms with Gasteiger partial charge in [0.15, 0.2) is 5.65 Å². The highest BCUT2D eigenvalue weighted by Gasteiger charge is 2.11. The van der Waals surface area contributed by atoms with Gasteiger partial charge in [-0.1, -0.05) is 17.7 Å². The van der Waals surface area contributed by atoms with Crippen LogP contribution in [-0.2, 0) is 0 Å². The molecular formula is C17H19N5. The van der Waals surface area contributed by atoms with Crippen molar-refractivity contribution < 1.29 is 0 Å². The first-order valence-electron chi connectivity index (χ1n) is 7.20. The van der Waals surface area contributed by atoms with Crippen molar-refractivity contribution in [2.24, 2.45) is 0 Å². The molecule has 0 atom stereocenters. The van der Waals surface area contributed by atoms with Crippen LogP contribution < -0.4 is 11.1 Å². The van der Waals surface area contributed by atoms with Crippen LogP contribution in [0.3, 0.4) is 0 Å². The molecule has 0 bridgehead atoms. The molecule has 2 aromatic heterocycles. The number of aromatic nitrogens is 3. The Hall–Kier alpha value is -2.69. The molecule has 0 aliphatic heterocycles. The van der Waals surface area contributed by atoms with Crippen LogP contribution in [0, 0.1) is 20.8 Å². The number of aryl methyl sites for hydroxylation is 3. The molecule has 5 nitrogen and oxygen atoms in total. The van der Waals surface area contributed by atoms with E-state index in [4.69, 9.17) is 10.7 Å². The normalized spacial score (nSPS) is 10.9. The Morgan fingerprint density at radius 3 is 2.27 bits per heavy atom. The Morgan fingerprint density at radius 2 is 1.64 bits per heavy atom. The summed E-state index contributed by atoms with van der Waals surface area (Å²) in [7, 11) is 1.81. The second-order valence-corrected chi connectivity index (χ2v) is 5.52. The fourth-order valence-corrected chi connectivity index (χ4v) is 2.94. The molecular weight excluding hydrogens is 274 g/mol. The number of nitrogens with one attached hydrogen (secondary N) is 1.